The second-order valence-corrected chi connectivity index (χ2v) is 0. The summed E-state index contributed by atoms with van der Waals surface area (Å²) in [6.07, 6.45) is 0. The van der Waals surface area contributed by atoms with Crippen LogP contribution in [0.25, 0.3) is 0 Å². The van der Waals surface area contributed by atoms with Crippen LogP contribution >= 0.6 is 17.6 Å². The first-order chi connectivity index (χ1) is 2.00. The SMILES string of the molecule is [S]=[Cd].[S]=[InH].[Zn]. The molecule has 0 saturated carbocycles. The molecule has 0 amide bonds. The van der Waals surface area contributed by atoms with Crippen LogP contribution < -0.4 is 0 Å². The second kappa shape index (κ2) is 28.8. The van der Waals surface area contributed by atoms with E-state index in [1.165, 1.54) is 0 Å². The van der Waals surface area contributed by atoms with Crippen LogP contribution in [0.5, 0.6) is 0 Å². The van der Waals surface area contributed by atoms with Gasteiger partial charge in [0.25, 0.3) is 0 Å². The Morgan fingerprint density at radius 1 is 1.20 bits per heavy atom. The molecule has 0 N–H and O–H groups in total. The standard InChI is InChI=1S/Cd.In.2S.Zn.H. The van der Waals surface area contributed by atoms with E-state index >= 15 is 0 Å². The molecule has 0 spiro atoms. The molecule has 0 aliphatic carbocycles. The van der Waals surface area contributed by atoms with E-state index < -0.39 is 0 Å². The predicted octanol–water partition coefficient (Wildman–Crippen LogP) is 0.643. The maximum absolute atomic E-state index is 4.25. The van der Waals surface area contributed by atoms with Gasteiger partial charge in [0.05, 0.1) is 0 Å². The summed E-state index contributed by atoms with van der Waals surface area (Å²) in [6.45, 7) is 0. The van der Waals surface area contributed by atoms with E-state index in [9.17, 15) is 0 Å². The molecule has 0 bridgehead atoms. The Balaban J connectivity index is -0.0000000133. The molecule has 0 radical (unpaired) electrons. The monoisotopic (exact) mass is 358 g/mol. The van der Waals surface area contributed by atoms with Crippen LogP contribution in [0, 0.1) is 0 Å². The fraction of sp³-hybridized carbons (Fsp3) is 0. The quantitative estimate of drug-likeness (QED) is 0.584. The molecule has 0 aliphatic heterocycles. The summed E-state index contributed by atoms with van der Waals surface area (Å²) in [5, 5.41) is 0. The summed E-state index contributed by atoms with van der Waals surface area (Å²) in [7, 11) is 8.51. The molecule has 20 valence electrons. The van der Waals surface area contributed by atoms with Crippen molar-refractivity contribution in [3.63, 3.8) is 0 Å². The van der Waals surface area contributed by atoms with E-state index in [1.807, 2.05) is 0 Å². The van der Waals surface area contributed by atoms with Gasteiger partial charge in [0.15, 0.2) is 0 Å². The summed E-state index contributed by atoms with van der Waals surface area (Å²) in [4.78, 5) is 0. The average molecular weight is 358 g/mol. The predicted molar refractivity (Wildman–Crippen MR) is 22.3 cm³/mol. The Hall–Kier alpha value is 2.86. The van der Waals surface area contributed by atoms with Crippen molar-refractivity contribution in [2.24, 2.45) is 0 Å². The fourth-order valence-corrected chi connectivity index (χ4v) is 0. The molecular weight excluding hydrogens is 357 g/mol. The molecule has 0 unspecified atom stereocenters. The van der Waals surface area contributed by atoms with Crippen molar-refractivity contribution >= 4 is 39.9 Å². The third-order valence-electron chi connectivity index (χ3n) is 0. The minimum atomic E-state index is 0. The minimum absolute atomic E-state index is 0. The first-order valence-electron chi connectivity index (χ1n) is 0.577. The Morgan fingerprint density at radius 2 is 1.20 bits per heavy atom. The van der Waals surface area contributed by atoms with Gasteiger partial charge in [-0.3, -0.25) is 0 Å². The second-order valence-electron chi connectivity index (χ2n) is 0. The van der Waals surface area contributed by atoms with E-state index in [1.54, 1.807) is 0 Å². The van der Waals surface area contributed by atoms with Crippen LogP contribution in [0.2, 0.25) is 0 Å². The number of hydrogen-bond acceptors (Lipinski definition) is 2. The van der Waals surface area contributed by atoms with Gasteiger partial charge in [0.2, 0.25) is 0 Å². The van der Waals surface area contributed by atoms with Gasteiger partial charge in [-0.1, -0.05) is 0 Å². The van der Waals surface area contributed by atoms with Gasteiger partial charge < -0.3 is 0 Å². The summed E-state index contributed by atoms with van der Waals surface area (Å²) in [5.41, 5.74) is 0. The molecule has 0 saturated heterocycles. The van der Waals surface area contributed by atoms with E-state index in [0.29, 0.717) is 0 Å². The summed E-state index contributed by atoms with van der Waals surface area (Å²) in [6, 6.07) is 0. The fourth-order valence-electron chi connectivity index (χ4n) is 0. The third kappa shape index (κ3) is 19.8. The van der Waals surface area contributed by atoms with Gasteiger partial charge in [-0.15, -0.1) is 0 Å². The molecule has 0 atom stereocenters. The van der Waals surface area contributed by atoms with Crippen molar-refractivity contribution in [1.29, 1.82) is 0 Å². The number of rotatable bonds is 0. The Morgan fingerprint density at radius 3 is 1.20 bits per heavy atom. The summed E-state index contributed by atoms with van der Waals surface area (Å²) < 4.78 is 0. The Bertz CT molecular complexity index is 11.6. The van der Waals surface area contributed by atoms with Gasteiger partial charge in [0, 0.05) is 19.5 Å². The van der Waals surface area contributed by atoms with Gasteiger partial charge in [-0.2, -0.15) is 0 Å². The molecule has 5 heavy (non-hydrogen) atoms. The van der Waals surface area contributed by atoms with E-state index in [-0.39, 0.29) is 19.5 Å². The molecule has 0 heterocycles. The first kappa shape index (κ1) is 15.7. The zero-order valence-corrected chi connectivity index (χ0v) is 15.6. The van der Waals surface area contributed by atoms with Crippen LogP contribution in [-0.2, 0) is 43.2 Å². The van der Waals surface area contributed by atoms with Crippen molar-refractivity contribution in [1.82, 2.24) is 0 Å². The molecule has 0 aliphatic rings. The topological polar surface area (TPSA) is 0 Å². The Labute approximate surface area is 81.3 Å². The molecule has 5 heteroatoms. The van der Waals surface area contributed by atoms with Gasteiger partial charge in [-0.05, 0) is 0 Å². The van der Waals surface area contributed by atoms with E-state index in [0.717, 1.165) is 46.0 Å². The van der Waals surface area contributed by atoms with Crippen LogP contribution in [0.1, 0.15) is 0 Å². The number of hydrogen-bond donors (Lipinski definition) is 0. The molecule has 0 nitrogen and oxygen atoms in total. The van der Waals surface area contributed by atoms with E-state index in [2.05, 4.69) is 17.6 Å². The molecule has 0 aromatic heterocycles. The van der Waals surface area contributed by atoms with Gasteiger partial charge >= 0.3 is 63.6 Å². The maximum atomic E-state index is 4.25. The molecular formula is HCdInS2Zn. The molecule has 0 aromatic carbocycles. The molecule has 0 aromatic rings. The molecule has 0 fully saturated rings. The van der Waals surface area contributed by atoms with Gasteiger partial charge in [-0.25, -0.2) is 0 Å². The van der Waals surface area contributed by atoms with Crippen molar-refractivity contribution in [3.05, 3.63) is 0 Å². The largest absolute Gasteiger partial charge is 0 e. The zero-order chi connectivity index (χ0) is 4.00. The Kier molecular flexibility index (Phi) is 90.3. The van der Waals surface area contributed by atoms with E-state index in [4.69, 9.17) is 0 Å². The van der Waals surface area contributed by atoms with Crippen molar-refractivity contribution in [2.45, 2.75) is 0 Å². The van der Waals surface area contributed by atoms with Crippen LogP contribution in [0.4, 0.5) is 0 Å². The third-order valence-corrected chi connectivity index (χ3v) is 0. The zero-order valence-electron chi connectivity index (χ0n) is 2.94. The average Bonchev–Trinajstić information content (AvgIpc) is 1.50. The van der Waals surface area contributed by atoms with Crippen LogP contribution in [0.3, 0.4) is 0 Å². The molecule has 0 rings (SSSR count). The van der Waals surface area contributed by atoms with Crippen LogP contribution in [-0.4, -0.2) is 22.4 Å². The van der Waals surface area contributed by atoms with Crippen molar-refractivity contribution in [3.8, 4) is 0 Å². The van der Waals surface area contributed by atoms with Gasteiger partial charge in [0.1, 0.15) is 0 Å². The van der Waals surface area contributed by atoms with Crippen LogP contribution in [0.15, 0.2) is 0 Å². The van der Waals surface area contributed by atoms with Crippen molar-refractivity contribution in [2.75, 3.05) is 0 Å². The maximum Gasteiger partial charge on any atom is 0 e. The van der Waals surface area contributed by atoms with Crippen molar-refractivity contribution < 1.29 is 43.2 Å². The smallest absolute Gasteiger partial charge is 0 e. The first-order valence-corrected chi connectivity index (χ1v) is 11.6. The normalized spacial score (nSPS) is 1.80. The minimum Gasteiger partial charge on any atom is 0 e. The summed E-state index contributed by atoms with van der Waals surface area (Å²) >= 11 is 1.47. The summed E-state index contributed by atoms with van der Waals surface area (Å²) in [5.74, 6) is 0.